The molecule has 1 N–H and O–H groups in total. The Labute approximate surface area is 185 Å². The third kappa shape index (κ3) is 3.94. The molecule has 0 bridgehead atoms. The van der Waals surface area contributed by atoms with Crippen LogP contribution in [0.25, 0.3) is 0 Å². The number of hydrogen-bond donors (Lipinski definition) is 1. The minimum atomic E-state index is 0. The molecular weight excluding hydrogens is 498 g/mol. The maximum absolute atomic E-state index is 6.30. The molecule has 2 aliphatic rings. The molecule has 0 aromatic heterocycles. The monoisotopic (exact) mass is 516 g/mol. The number of rotatable bonds is 3. The average Bonchev–Trinajstić information content (AvgIpc) is 3.04. The molecule has 0 saturated carbocycles. The number of hydrazine groups is 1. The van der Waals surface area contributed by atoms with Crippen molar-refractivity contribution in [1.82, 2.24) is 9.84 Å². The first kappa shape index (κ1) is 20.1. The molecular formula is C20H19Cl2IN2S. The molecule has 0 saturated heterocycles. The van der Waals surface area contributed by atoms with E-state index in [1.807, 2.05) is 24.3 Å². The van der Waals surface area contributed by atoms with Gasteiger partial charge in [-0.3, -0.25) is 0 Å². The summed E-state index contributed by atoms with van der Waals surface area (Å²) in [5.41, 5.74) is 8.52. The first-order valence-corrected chi connectivity index (χ1v) is 10.1. The van der Waals surface area contributed by atoms with Crippen molar-refractivity contribution in [2.24, 2.45) is 0 Å². The second kappa shape index (κ2) is 8.57. The van der Waals surface area contributed by atoms with Crippen LogP contribution in [0, 0.1) is 0 Å². The maximum atomic E-state index is 6.30. The van der Waals surface area contributed by atoms with Crippen LogP contribution in [0.5, 0.6) is 0 Å². The normalized spacial score (nSPS) is 22.0. The van der Waals surface area contributed by atoms with E-state index in [4.69, 9.17) is 23.2 Å². The largest absolute Gasteiger partial charge is 0.309 e. The van der Waals surface area contributed by atoms with Gasteiger partial charge in [0.2, 0.25) is 0 Å². The van der Waals surface area contributed by atoms with Crippen LogP contribution in [0.15, 0.2) is 72.0 Å². The molecule has 0 spiro atoms. The van der Waals surface area contributed by atoms with Gasteiger partial charge in [-0.25, -0.2) is 0 Å². The highest BCUT2D eigenvalue weighted by molar-refractivity contribution is 14.0. The van der Waals surface area contributed by atoms with Crippen molar-refractivity contribution in [3.05, 3.63) is 93.1 Å². The van der Waals surface area contributed by atoms with Crippen LogP contribution in [0.4, 0.5) is 0 Å². The van der Waals surface area contributed by atoms with Crippen LogP contribution in [0.3, 0.4) is 0 Å². The highest BCUT2D eigenvalue weighted by atomic mass is 127. The Balaban J connectivity index is 0.00000196. The van der Waals surface area contributed by atoms with Crippen LogP contribution in [0.1, 0.15) is 23.0 Å². The van der Waals surface area contributed by atoms with Gasteiger partial charge in [-0.2, -0.15) is 4.41 Å². The summed E-state index contributed by atoms with van der Waals surface area (Å²) in [5, 5.41) is 1.54. The van der Waals surface area contributed by atoms with Gasteiger partial charge in [-0.05, 0) is 53.3 Å². The summed E-state index contributed by atoms with van der Waals surface area (Å²) in [4.78, 5) is 0. The fourth-order valence-electron chi connectivity index (χ4n) is 3.66. The molecule has 0 amide bonds. The summed E-state index contributed by atoms with van der Waals surface area (Å²) in [7, 11) is 0. The second-order valence-corrected chi connectivity index (χ2v) is 7.92. The van der Waals surface area contributed by atoms with E-state index in [2.05, 4.69) is 52.5 Å². The number of nitrogens with one attached hydrogen (secondary N) is 1. The van der Waals surface area contributed by atoms with Crippen LogP contribution in [-0.4, -0.2) is 17.2 Å². The summed E-state index contributed by atoms with van der Waals surface area (Å²) in [6.45, 7) is 0.884. The Morgan fingerprint density at radius 2 is 1.69 bits per heavy atom. The summed E-state index contributed by atoms with van der Waals surface area (Å²) >= 11 is 14.3. The van der Waals surface area contributed by atoms with E-state index in [0.717, 1.165) is 16.6 Å². The third-order valence-corrected chi connectivity index (χ3v) is 5.90. The van der Waals surface area contributed by atoms with Crippen molar-refractivity contribution >= 4 is 59.1 Å². The molecule has 2 unspecified atom stereocenters. The van der Waals surface area contributed by atoms with Crippen LogP contribution in [0.2, 0.25) is 10.0 Å². The van der Waals surface area contributed by atoms with E-state index in [-0.39, 0.29) is 35.8 Å². The molecule has 0 radical (unpaired) electrons. The molecule has 0 fully saturated rings. The Bertz CT molecular complexity index is 868. The lowest BCUT2D eigenvalue weighted by molar-refractivity contribution is 0.466. The molecule has 6 heteroatoms. The Hall–Kier alpha value is -0.660. The van der Waals surface area contributed by atoms with Gasteiger partial charge in [-0.15, -0.1) is 24.0 Å². The van der Waals surface area contributed by atoms with Crippen molar-refractivity contribution in [3.63, 3.8) is 0 Å². The molecule has 26 heavy (non-hydrogen) atoms. The van der Waals surface area contributed by atoms with Gasteiger partial charge in [0.05, 0.1) is 12.2 Å². The lowest BCUT2D eigenvalue weighted by Gasteiger charge is -2.30. The zero-order valence-electron chi connectivity index (χ0n) is 14.2. The molecule has 1 aliphatic heterocycles. The van der Waals surface area contributed by atoms with Crippen molar-refractivity contribution in [1.29, 1.82) is 0 Å². The molecule has 2 aromatic carbocycles. The van der Waals surface area contributed by atoms with Crippen molar-refractivity contribution in [2.45, 2.75) is 11.8 Å². The van der Waals surface area contributed by atoms with E-state index in [0.29, 0.717) is 0 Å². The van der Waals surface area contributed by atoms with Crippen LogP contribution >= 0.6 is 59.1 Å². The molecule has 1 aliphatic carbocycles. The lowest BCUT2D eigenvalue weighted by atomic mass is 9.74. The zero-order valence-corrected chi connectivity index (χ0v) is 18.8. The fourth-order valence-corrected chi connectivity index (χ4v) is 4.52. The summed E-state index contributed by atoms with van der Waals surface area (Å²) in [5.74, 6) is 0.473. The second-order valence-electron chi connectivity index (χ2n) is 6.24. The Morgan fingerprint density at radius 1 is 1.04 bits per heavy atom. The van der Waals surface area contributed by atoms with Crippen LogP contribution < -0.4 is 5.43 Å². The van der Waals surface area contributed by atoms with Gasteiger partial charge in [0.15, 0.2) is 0 Å². The summed E-state index contributed by atoms with van der Waals surface area (Å²) in [6, 6.07) is 16.4. The quantitative estimate of drug-likeness (QED) is 0.375. The van der Waals surface area contributed by atoms with Gasteiger partial charge in [0.25, 0.3) is 0 Å². The third-order valence-electron chi connectivity index (χ3n) is 4.77. The first-order chi connectivity index (χ1) is 12.2. The van der Waals surface area contributed by atoms with Crippen molar-refractivity contribution in [3.8, 4) is 0 Å². The van der Waals surface area contributed by atoms with Gasteiger partial charge in [-0.1, -0.05) is 65.5 Å². The first-order valence-electron chi connectivity index (χ1n) is 8.16. The predicted molar refractivity (Wildman–Crippen MR) is 123 cm³/mol. The number of benzene rings is 2. The van der Waals surface area contributed by atoms with Crippen LogP contribution in [-0.2, 0) is 0 Å². The van der Waals surface area contributed by atoms with E-state index < -0.39 is 0 Å². The van der Waals surface area contributed by atoms with Gasteiger partial charge >= 0.3 is 0 Å². The van der Waals surface area contributed by atoms with E-state index in [9.17, 15) is 0 Å². The Morgan fingerprint density at radius 3 is 2.35 bits per heavy atom. The van der Waals surface area contributed by atoms with E-state index >= 15 is 0 Å². The fraction of sp³-hybridized carbons (Fsp3) is 0.200. The lowest BCUT2D eigenvalue weighted by Crippen LogP contribution is -2.24. The SMILES string of the molecule is CSN1CC2=C(C=CC(c3cccc(Cl)c3)C2c2cccc(Cl)c2)N1.I. The number of allylic oxidation sites excluding steroid dienone is 2. The predicted octanol–water partition coefficient (Wildman–Crippen LogP) is 6.40. The van der Waals surface area contributed by atoms with Crippen molar-refractivity contribution in [2.75, 3.05) is 12.8 Å². The smallest absolute Gasteiger partial charge is 0.0533 e. The Kier molecular flexibility index (Phi) is 6.62. The molecule has 136 valence electrons. The minimum Gasteiger partial charge on any atom is -0.309 e. The van der Waals surface area contributed by atoms with E-state index in [1.165, 1.54) is 22.4 Å². The molecule has 2 aromatic rings. The number of nitrogens with zero attached hydrogens (tertiary/aromatic N) is 1. The van der Waals surface area contributed by atoms with Gasteiger partial charge in [0, 0.05) is 21.9 Å². The molecule has 2 nitrogen and oxygen atoms in total. The van der Waals surface area contributed by atoms with Crippen molar-refractivity contribution < 1.29 is 0 Å². The minimum absolute atomic E-state index is 0. The molecule has 2 atom stereocenters. The molecule has 4 rings (SSSR count). The average molecular weight is 517 g/mol. The van der Waals surface area contributed by atoms with Gasteiger partial charge in [0.1, 0.15) is 0 Å². The summed E-state index contributed by atoms with van der Waals surface area (Å²) < 4.78 is 2.16. The molecule has 1 heterocycles. The highest BCUT2D eigenvalue weighted by Gasteiger charge is 2.35. The number of hydrogen-bond acceptors (Lipinski definition) is 3. The highest BCUT2D eigenvalue weighted by Crippen LogP contribution is 2.46. The maximum Gasteiger partial charge on any atom is 0.0533 e. The summed E-state index contributed by atoms with van der Waals surface area (Å²) in [6.07, 6.45) is 6.54. The van der Waals surface area contributed by atoms with Gasteiger partial charge < -0.3 is 5.43 Å². The zero-order chi connectivity index (χ0) is 17.4. The standard InChI is InChI=1S/C20H18Cl2N2S.HI/c1-25-24-12-18-19(23-24)9-8-17(13-4-2-6-15(21)10-13)20(18)14-5-3-7-16(22)11-14;/h2-11,17,20,23H,12H2,1H3;1H. The number of halogens is 3. The topological polar surface area (TPSA) is 15.3 Å². The van der Waals surface area contributed by atoms with E-state index in [1.54, 1.807) is 11.9 Å².